The van der Waals surface area contributed by atoms with Gasteiger partial charge in [-0.25, -0.2) is 0 Å². The molecule has 1 aromatic rings. The van der Waals surface area contributed by atoms with Gasteiger partial charge in [-0.2, -0.15) is 0 Å². The summed E-state index contributed by atoms with van der Waals surface area (Å²) in [7, 11) is 2.07. The van der Waals surface area contributed by atoms with Gasteiger partial charge in [-0.05, 0) is 19.2 Å². The van der Waals surface area contributed by atoms with E-state index in [1.54, 1.807) is 18.2 Å². The molecule has 1 saturated heterocycles. The SMILES string of the molecule is CN1CCOC(COc2cc(Cl)ccc2N)C1. The fourth-order valence-electron chi connectivity index (χ4n) is 1.78. The van der Waals surface area contributed by atoms with Crippen LogP contribution in [0.4, 0.5) is 5.69 Å². The second-order valence-electron chi connectivity index (χ2n) is 4.25. The van der Waals surface area contributed by atoms with Crippen molar-refractivity contribution < 1.29 is 9.47 Å². The van der Waals surface area contributed by atoms with E-state index in [9.17, 15) is 0 Å². The molecule has 1 aliphatic rings. The summed E-state index contributed by atoms with van der Waals surface area (Å²) in [6.45, 7) is 3.08. The first kappa shape index (κ1) is 12.5. The molecule has 1 heterocycles. The van der Waals surface area contributed by atoms with Gasteiger partial charge in [0.05, 0.1) is 12.3 Å². The first-order valence-corrected chi connectivity index (χ1v) is 6.01. The van der Waals surface area contributed by atoms with Crippen LogP contribution in [0.1, 0.15) is 0 Å². The van der Waals surface area contributed by atoms with E-state index >= 15 is 0 Å². The monoisotopic (exact) mass is 256 g/mol. The van der Waals surface area contributed by atoms with E-state index in [4.69, 9.17) is 26.8 Å². The van der Waals surface area contributed by atoms with E-state index in [0.29, 0.717) is 23.1 Å². The number of hydrogen-bond donors (Lipinski definition) is 1. The van der Waals surface area contributed by atoms with E-state index in [2.05, 4.69) is 11.9 Å². The molecule has 0 radical (unpaired) electrons. The number of hydrogen-bond acceptors (Lipinski definition) is 4. The molecule has 17 heavy (non-hydrogen) atoms. The van der Waals surface area contributed by atoms with Gasteiger partial charge < -0.3 is 20.1 Å². The second kappa shape index (κ2) is 5.58. The number of nitrogens with two attached hydrogens (primary N) is 1. The molecule has 0 aliphatic carbocycles. The molecule has 0 amide bonds. The number of nitrogens with zero attached hydrogens (tertiary/aromatic N) is 1. The molecule has 1 aliphatic heterocycles. The lowest BCUT2D eigenvalue weighted by atomic mass is 10.3. The standard InChI is InChI=1S/C12H17ClN2O2/c1-15-4-5-16-10(7-15)8-17-12-6-9(13)2-3-11(12)14/h2-3,6,10H,4-5,7-8,14H2,1H3. The first-order valence-electron chi connectivity index (χ1n) is 5.63. The van der Waals surface area contributed by atoms with Crippen LogP contribution >= 0.6 is 11.6 Å². The molecule has 0 spiro atoms. The summed E-state index contributed by atoms with van der Waals surface area (Å²) < 4.78 is 11.2. The Bertz CT molecular complexity index is 387. The maximum Gasteiger partial charge on any atom is 0.143 e. The third-order valence-corrected chi connectivity index (χ3v) is 2.98. The number of benzene rings is 1. The maximum absolute atomic E-state index is 5.89. The van der Waals surface area contributed by atoms with Crippen molar-refractivity contribution in [1.29, 1.82) is 0 Å². The highest BCUT2D eigenvalue weighted by atomic mass is 35.5. The Morgan fingerprint density at radius 1 is 1.59 bits per heavy atom. The zero-order chi connectivity index (χ0) is 12.3. The van der Waals surface area contributed by atoms with Crippen LogP contribution in [0, 0.1) is 0 Å². The van der Waals surface area contributed by atoms with E-state index in [-0.39, 0.29) is 6.10 Å². The van der Waals surface area contributed by atoms with Crippen LogP contribution in [0.25, 0.3) is 0 Å². The largest absolute Gasteiger partial charge is 0.489 e. The second-order valence-corrected chi connectivity index (χ2v) is 4.68. The highest BCUT2D eigenvalue weighted by Crippen LogP contribution is 2.25. The molecule has 2 N–H and O–H groups in total. The highest BCUT2D eigenvalue weighted by Gasteiger charge is 2.18. The number of ether oxygens (including phenoxy) is 2. The van der Waals surface area contributed by atoms with E-state index in [1.807, 2.05) is 0 Å². The van der Waals surface area contributed by atoms with Crippen LogP contribution in [0.15, 0.2) is 18.2 Å². The lowest BCUT2D eigenvalue weighted by Crippen LogP contribution is -2.42. The average Bonchev–Trinajstić information content (AvgIpc) is 2.30. The lowest BCUT2D eigenvalue weighted by Gasteiger charge is -2.29. The normalized spacial score (nSPS) is 21.4. The zero-order valence-corrected chi connectivity index (χ0v) is 10.6. The number of rotatable bonds is 3. The van der Waals surface area contributed by atoms with Crippen LogP contribution in [-0.4, -0.2) is 44.4 Å². The third kappa shape index (κ3) is 3.49. The quantitative estimate of drug-likeness (QED) is 0.836. The predicted octanol–water partition coefficient (Wildman–Crippen LogP) is 1.63. The summed E-state index contributed by atoms with van der Waals surface area (Å²) in [6.07, 6.45) is 0.0899. The summed E-state index contributed by atoms with van der Waals surface area (Å²) in [5.41, 5.74) is 6.39. The minimum absolute atomic E-state index is 0.0899. The van der Waals surface area contributed by atoms with Crippen LogP contribution in [-0.2, 0) is 4.74 Å². The molecular weight excluding hydrogens is 240 g/mol. The summed E-state index contributed by atoms with van der Waals surface area (Å²) in [5.74, 6) is 0.620. The Morgan fingerprint density at radius 3 is 3.18 bits per heavy atom. The maximum atomic E-state index is 5.89. The van der Waals surface area contributed by atoms with E-state index in [0.717, 1.165) is 19.7 Å². The molecular formula is C12H17ClN2O2. The van der Waals surface area contributed by atoms with Gasteiger partial charge in [0.25, 0.3) is 0 Å². The van der Waals surface area contributed by atoms with Crippen LogP contribution in [0.2, 0.25) is 5.02 Å². The molecule has 1 aromatic carbocycles. The topological polar surface area (TPSA) is 47.7 Å². The summed E-state index contributed by atoms with van der Waals surface area (Å²) in [5, 5.41) is 0.621. The third-order valence-electron chi connectivity index (χ3n) is 2.74. The van der Waals surface area contributed by atoms with Crippen molar-refractivity contribution in [2.45, 2.75) is 6.10 Å². The molecule has 0 aromatic heterocycles. The van der Waals surface area contributed by atoms with Crippen molar-refractivity contribution in [2.75, 3.05) is 39.1 Å². The molecule has 0 saturated carbocycles. The predicted molar refractivity (Wildman–Crippen MR) is 68.6 cm³/mol. The molecule has 1 unspecified atom stereocenters. The zero-order valence-electron chi connectivity index (χ0n) is 9.86. The van der Waals surface area contributed by atoms with Crippen molar-refractivity contribution in [1.82, 2.24) is 4.90 Å². The van der Waals surface area contributed by atoms with Gasteiger partial charge in [-0.3, -0.25) is 0 Å². The fraction of sp³-hybridized carbons (Fsp3) is 0.500. The first-order chi connectivity index (χ1) is 8.15. The van der Waals surface area contributed by atoms with E-state index in [1.165, 1.54) is 0 Å². The highest BCUT2D eigenvalue weighted by molar-refractivity contribution is 6.30. The number of morpholine rings is 1. The Morgan fingerprint density at radius 2 is 2.41 bits per heavy atom. The molecule has 1 atom stereocenters. The van der Waals surface area contributed by atoms with Gasteiger partial charge in [0.15, 0.2) is 0 Å². The van der Waals surface area contributed by atoms with Crippen molar-refractivity contribution >= 4 is 17.3 Å². The summed E-state index contributed by atoms with van der Waals surface area (Å²) >= 11 is 5.89. The number of likely N-dealkylation sites (N-methyl/N-ethyl adjacent to an activating group) is 1. The van der Waals surface area contributed by atoms with Crippen molar-refractivity contribution in [3.63, 3.8) is 0 Å². The Labute approximate surface area is 106 Å². The van der Waals surface area contributed by atoms with Crippen molar-refractivity contribution in [2.24, 2.45) is 0 Å². The number of anilines is 1. The van der Waals surface area contributed by atoms with Crippen molar-refractivity contribution in [3.8, 4) is 5.75 Å². The van der Waals surface area contributed by atoms with E-state index < -0.39 is 0 Å². The Hall–Kier alpha value is -0.970. The Balaban J connectivity index is 1.90. The minimum Gasteiger partial charge on any atom is -0.489 e. The molecule has 5 heteroatoms. The van der Waals surface area contributed by atoms with Gasteiger partial charge >= 0.3 is 0 Å². The summed E-state index contributed by atoms with van der Waals surface area (Å²) in [4.78, 5) is 2.22. The number of nitrogen functional groups attached to an aromatic ring is 1. The average molecular weight is 257 g/mol. The molecule has 2 rings (SSSR count). The van der Waals surface area contributed by atoms with Gasteiger partial charge in [0, 0.05) is 24.2 Å². The lowest BCUT2D eigenvalue weighted by molar-refractivity contribution is -0.0402. The van der Waals surface area contributed by atoms with Crippen molar-refractivity contribution in [3.05, 3.63) is 23.2 Å². The van der Waals surface area contributed by atoms with Crippen LogP contribution in [0.5, 0.6) is 5.75 Å². The smallest absolute Gasteiger partial charge is 0.143 e. The molecule has 94 valence electrons. The van der Waals surface area contributed by atoms with Gasteiger partial charge in [-0.1, -0.05) is 11.6 Å². The summed E-state index contributed by atoms with van der Waals surface area (Å²) in [6, 6.07) is 5.21. The van der Waals surface area contributed by atoms with Crippen LogP contribution < -0.4 is 10.5 Å². The van der Waals surface area contributed by atoms with Gasteiger partial charge in [0.2, 0.25) is 0 Å². The Kier molecular flexibility index (Phi) is 4.10. The molecule has 4 nitrogen and oxygen atoms in total. The fourth-order valence-corrected chi connectivity index (χ4v) is 1.95. The van der Waals surface area contributed by atoms with Crippen LogP contribution in [0.3, 0.4) is 0 Å². The van der Waals surface area contributed by atoms with Gasteiger partial charge in [0.1, 0.15) is 18.5 Å². The molecule has 0 bridgehead atoms. The van der Waals surface area contributed by atoms with Gasteiger partial charge in [-0.15, -0.1) is 0 Å². The molecule has 1 fully saturated rings. The minimum atomic E-state index is 0.0899. The number of halogens is 1.